The predicted molar refractivity (Wildman–Crippen MR) is 88.7 cm³/mol. The Morgan fingerprint density at radius 1 is 1.09 bits per heavy atom. The van der Waals surface area contributed by atoms with Crippen LogP contribution in [0.15, 0.2) is 0 Å². The number of hydrogen-bond acceptors (Lipinski definition) is 3. The van der Waals surface area contributed by atoms with Gasteiger partial charge in [-0.25, -0.2) is 0 Å². The molecule has 2 saturated carbocycles. The number of carbonyl (C=O) groups excluding carboxylic acids is 2. The van der Waals surface area contributed by atoms with E-state index in [0.29, 0.717) is 24.3 Å². The van der Waals surface area contributed by atoms with Gasteiger partial charge in [-0.15, -0.1) is 0 Å². The van der Waals surface area contributed by atoms with Crippen LogP contribution in [0.4, 0.5) is 0 Å². The number of ether oxygens (including phenoxy) is 1. The molecule has 2 atom stereocenters. The number of hydrogen-bond donors (Lipinski definition) is 0. The molecule has 0 aromatic carbocycles. The Labute approximate surface area is 139 Å². The Bertz CT molecular complexity index is 442. The molecule has 0 spiro atoms. The molecular formula is C19H31NO3. The fourth-order valence-electron chi connectivity index (χ4n) is 5.23. The van der Waals surface area contributed by atoms with E-state index in [1.165, 1.54) is 25.7 Å². The van der Waals surface area contributed by atoms with Crippen molar-refractivity contribution < 1.29 is 14.3 Å². The quantitative estimate of drug-likeness (QED) is 0.749. The fraction of sp³-hybridized carbons (Fsp3) is 0.895. The Hall–Kier alpha value is -1.06. The molecule has 3 rings (SSSR count). The van der Waals surface area contributed by atoms with Gasteiger partial charge in [0.15, 0.2) is 0 Å². The molecule has 1 saturated heterocycles. The number of likely N-dealkylation sites (tertiary alicyclic amines) is 1. The van der Waals surface area contributed by atoms with Crippen LogP contribution in [-0.4, -0.2) is 36.5 Å². The third kappa shape index (κ3) is 3.56. The Kier molecular flexibility index (Phi) is 4.98. The van der Waals surface area contributed by atoms with Crippen molar-refractivity contribution in [2.24, 2.45) is 23.2 Å². The smallest absolute Gasteiger partial charge is 0.311 e. The van der Waals surface area contributed by atoms with Gasteiger partial charge in [0.25, 0.3) is 0 Å². The number of piperidine rings is 1. The van der Waals surface area contributed by atoms with Gasteiger partial charge in [0.05, 0.1) is 12.0 Å². The van der Waals surface area contributed by atoms with Gasteiger partial charge in [0.1, 0.15) is 0 Å². The summed E-state index contributed by atoms with van der Waals surface area (Å²) in [6.45, 7) is 6.08. The highest BCUT2D eigenvalue weighted by Gasteiger charge is 2.47. The van der Waals surface area contributed by atoms with Crippen LogP contribution in [0.3, 0.4) is 0 Å². The molecule has 2 aliphatic carbocycles. The summed E-state index contributed by atoms with van der Waals surface area (Å²) in [7, 11) is 0. The van der Waals surface area contributed by atoms with Crippen molar-refractivity contribution >= 4 is 11.9 Å². The summed E-state index contributed by atoms with van der Waals surface area (Å²) in [5.41, 5.74) is -0.344. The second-order valence-corrected chi connectivity index (χ2v) is 8.24. The van der Waals surface area contributed by atoms with E-state index in [0.717, 1.165) is 38.8 Å². The van der Waals surface area contributed by atoms with E-state index in [9.17, 15) is 9.59 Å². The van der Waals surface area contributed by atoms with Gasteiger partial charge in [0, 0.05) is 19.0 Å². The highest BCUT2D eigenvalue weighted by atomic mass is 16.5. The third-order valence-corrected chi connectivity index (χ3v) is 6.14. The summed E-state index contributed by atoms with van der Waals surface area (Å²) in [6, 6.07) is 0. The second-order valence-electron chi connectivity index (χ2n) is 8.24. The summed E-state index contributed by atoms with van der Waals surface area (Å²) in [6.07, 6.45) is 8.76. The van der Waals surface area contributed by atoms with Crippen molar-refractivity contribution in [2.75, 3.05) is 19.7 Å². The zero-order valence-corrected chi connectivity index (χ0v) is 14.7. The van der Waals surface area contributed by atoms with Crippen LogP contribution < -0.4 is 0 Å². The van der Waals surface area contributed by atoms with E-state index in [2.05, 4.69) is 11.8 Å². The highest BCUT2D eigenvalue weighted by molar-refractivity contribution is 5.79. The average molecular weight is 321 g/mol. The minimum atomic E-state index is -0.344. The van der Waals surface area contributed by atoms with Crippen molar-refractivity contribution in [3.8, 4) is 0 Å². The van der Waals surface area contributed by atoms with Gasteiger partial charge in [-0.3, -0.25) is 9.59 Å². The fourth-order valence-corrected chi connectivity index (χ4v) is 5.23. The summed E-state index contributed by atoms with van der Waals surface area (Å²) in [5.74, 6) is 1.54. The molecule has 3 aliphatic rings. The molecule has 23 heavy (non-hydrogen) atoms. The summed E-state index contributed by atoms with van der Waals surface area (Å²) >= 11 is 0. The average Bonchev–Trinajstić information content (AvgIpc) is 2.54. The lowest BCUT2D eigenvalue weighted by Crippen LogP contribution is -2.52. The van der Waals surface area contributed by atoms with Gasteiger partial charge in [-0.05, 0) is 57.8 Å². The van der Waals surface area contributed by atoms with Crippen molar-refractivity contribution in [3.05, 3.63) is 0 Å². The lowest BCUT2D eigenvalue weighted by Gasteiger charge is -2.48. The lowest BCUT2D eigenvalue weighted by atomic mass is 9.64. The van der Waals surface area contributed by atoms with Crippen molar-refractivity contribution in [3.63, 3.8) is 0 Å². The van der Waals surface area contributed by atoms with Crippen molar-refractivity contribution in [2.45, 2.75) is 65.2 Å². The summed E-state index contributed by atoms with van der Waals surface area (Å²) < 4.78 is 5.30. The monoisotopic (exact) mass is 321 g/mol. The molecule has 4 nitrogen and oxygen atoms in total. The standard InChI is InChI=1S/C19H31NO3/c1-3-23-18(22)19(2)10-14-9-15(11-19)13-20(12-14)17(21)16-7-5-4-6-8-16/h14-16H,3-13H2,1-2H3. The van der Waals surface area contributed by atoms with E-state index in [1.807, 2.05) is 6.92 Å². The molecule has 1 aliphatic heterocycles. The first-order valence-corrected chi connectivity index (χ1v) is 9.48. The molecule has 0 aromatic heterocycles. The van der Waals surface area contributed by atoms with Crippen LogP contribution in [0.25, 0.3) is 0 Å². The maximum absolute atomic E-state index is 12.8. The van der Waals surface area contributed by atoms with Crippen LogP contribution in [0.2, 0.25) is 0 Å². The molecule has 130 valence electrons. The zero-order chi connectivity index (χ0) is 16.4. The van der Waals surface area contributed by atoms with Gasteiger partial charge < -0.3 is 9.64 Å². The number of esters is 1. The first kappa shape index (κ1) is 16.8. The molecule has 0 N–H and O–H groups in total. The summed E-state index contributed by atoms with van der Waals surface area (Å²) in [4.78, 5) is 27.3. The van der Waals surface area contributed by atoms with E-state index >= 15 is 0 Å². The molecule has 0 aromatic rings. The first-order valence-electron chi connectivity index (χ1n) is 9.48. The maximum atomic E-state index is 12.8. The van der Waals surface area contributed by atoms with Gasteiger partial charge in [-0.1, -0.05) is 19.3 Å². The molecule has 1 amide bonds. The number of carbonyl (C=O) groups is 2. The first-order chi connectivity index (χ1) is 11.0. The number of rotatable bonds is 3. The molecule has 2 bridgehead atoms. The van der Waals surface area contributed by atoms with Crippen LogP contribution in [0, 0.1) is 23.2 Å². The van der Waals surface area contributed by atoms with E-state index < -0.39 is 0 Å². The Balaban J connectivity index is 1.62. The molecule has 2 unspecified atom stereocenters. The lowest BCUT2D eigenvalue weighted by molar-refractivity contribution is -0.161. The second kappa shape index (κ2) is 6.82. The Morgan fingerprint density at radius 3 is 2.26 bits per heavy atom. The van der Waals surface area contributed by atoms with Crippen LogP contribution in [0.5, 0.6) is 0 Å². The number of fused-ring (bicyclic) bond motifs is 2. The van der Waals surface area contributed by atoms with Gasteiger partial charge >= 0.3 is 5.97 Å². The van der Waals surface area contributed by atoms with Crippen molar-refractivity contribution in [1.29, 1.82) is 0 Å². The zero-order valence-electron chi connectivity index (χ0n) is 14.7. The van der Waals surface area contributed by atoms with Crippen LogP contribution in [-0.2, 0) is 14.3 Å². The van der Waals surface area contributed by atoms with Crippen LogP contribution in [0.1, 0.15) is 65.2 Å². The normalized spacial score (nSPS) is 35.0. The molecule has 4 heteroatoms. The predicted octanol–water partition coefficient (Wildman–Crippen LogP) is 3.39. The van der Waals surface area contributed by atoms with E-state index in [4.69, 9.17) is 4.74 Å². The van der Waals surface area contributed by atoms with E-state index in [1.54, 1.807) is 0 Å². The molecule has 0 radical (unpaired) electrons. The minimum Gasteiger partial charge on any atom is -0.466 e. The van der Waals surface area contributed by atoms with E-state index in [-0.39, 0.29) is 17.3 Å². The number of nitrogens with zero attached hydrogens (tertiary/aromatic N) is 1. The highest BCUT2D eigenvalue weighted by Crippen LogP contribution is 2.46. The Morgan fingerprint density at radius 2 is 1.70 bits per heavy atom. The van der Waals surface area contributed by atoms with Crippen molar-refractivity contribution in [1.82, 2.24) is 4.90 Å². The largest absolute Gasteiger partial charge is 0.466 e. The van der Waals surface area contributed by atoms with Crippen LogP contribution >= 0.6 is 0 Å². The maximum Gasteiger partial charge on any atom is 0.311 e. The topological polar surface area (TPSA) is 46.6 Å². The van der Waals surface area contributed by atoms with Gasteiger partial charge in [-0.2, -0.15) is 0 Å². The minimum absolute atomic E-state index is 0.0400. The number of amides is 1. The molecule has 1 heterocycles. The summed E-state index contributed by atoms with van der Waals surface area (Å²) in [5, 5.41) is 0. The molecule has 3 fully saturated rings. The molecular weight excluding hydrogens is 290 g/mol. The SMILES string of the molecule is CCOC(=O)C1(C)CC2CC(CN(C(=O)C3CCCCC3)C2)C1. The third-order valence-electron chi connectivity index (χ3n) is 6.14. The van der Waals surface area contributed by atoms with Gasteiger partial charge in [0.2, 0.25) is 5.91 Å².